The monoisotopic (exact) mass is 496 g/mol. The number of ether oxygens (including phenoxy) is 2. The summed E-state index contributed by atoms with van der Waals surface area (Å²) in [5.41, 5.74) is 4.18. The second-order valence-corrected chi connectivity index (χ2v) is 8.55. The van der Waals surface area contributed by atoms with Gasteiger partial charge in [-0.3, -0.25) is 9.59 Å². The van der Waals surface area contributed by atoms with Crippen LogP contribution in [0.1, 0.15) is 49.9 Å². The highest BCUT2D eigenvalue weighted by Crippen LogP contribution is 2.13. The normalized spacial score (nSPS) is 12.2. The van der Waals surface area contributed by atoms with Gasteiger partial charge in [0.05, 0.1) is 13.2 Å². The second-order valence-electron chi connectivity index (χ2n) is 8.55. The molecule has 194 valence electrons. The zero-order chi connectivity index (χ0) is 26.5. The first-order valence-corrected chi connectivity index (χ1v) is 12.2. The van der Waals surface area contributed by atoms with Crippen LogP contribution in [0.5, 0.6) is 0 Å². The summed E-state index contributed by atoms with van der Waals surface area (Å²) in [4.78, 5) is 47.1. The fourth-order valence-electron chi connectivity index (χ4n) is 3.81. The smallest absolute Gasteiger partial charge is 0.328 e. The number of amides is 2. The zero-order valence-corrected chi connectivity index (χ0v) is 21.5. The molecule has 0 saturated heterocycles. The Bertz CT molecular complexity index is 934. The maximum atomic E-state index is 12.1. The molecule has 0 radical (unpaired) electrons. The Hall–Kier alpha value is -3.68. The van der Waals surface area contributed by atoms with E-state index in [1.165, 1.54) is 13.8 Å². The van der Waals surface area contributed by atoms with E-state index >= 15 is 0 Å². The molecule has 0 bridgehead atoms. The highest BCUT2D eigenvalue weighted by molar-refractivity contribution is 5.84. The van der Waals surface area contributed by atoms with E-state index in [1.54, 1.807) is 13.8 Å². The molecule has 0 heterocycles. The first kappa shape index (κ1) is 28.6. The lowest BCUT2D eigenvalue weighted by Gasteiger charge is -2.17. The predicted octanol–water partition coefficient (Wildman–Crippen LogP) is 2.69. The molecule has 2 aromatic rings. The van der Waals surface area contributed by atoms with Crippen LogP contribution in [-0.2, 0) is 54.3 Å². The molecule has 2 atom stereocenters. The van der Waals surface area contributed by atoms with Crippen molar-refractivity contribution in [3.8, 4) is 0 Å². The van der Waals surface area contributed by atoms with Crippen molar-refractivity contribution in [1.82, 2.24) is 10.6 Å². The Kier molecular flexibility index (Phi) is 11.6. The summed E-state index contributed by atoms with van der Waals surface area (Å²) in [6.45, 7) is 6.74. The number of hydrogen-bond acceptors (Lipinski definition) is 6. The Labute approximate surface area is 212 Å². The van der Waals surface area contributed by atoms with Gasteiger partial charge in [-0.05, 0) is 48.9 Å². The summed E-state index contributed by atoms with van der Waals surface area (Å²) in [6.07, 6.45) is 2.41. The van der Waals surface area contributed by atoms with Crippen LogP contribution in [0.15, 0.2) is 48.5 Å². The molecule has 0 spiro atoms. The molecule has 0 aromatic heterocycles. The fraction of sp³-hybridized carbons (Fsp3) is 0.429. The highest BCUT2D eigenvalue weighted by Gasteiger charge is 2.22. The molecule has 0 aliphatic carbocycles. The van der Waals surface area contributed by atoms with Gasteiger partial charge in [-0.15, -0.1) is 0 Å². The minimum absolute atomic E-state index is 0.260. The molecule has 2 rings (SSSR count). The topological polar surface area (TPSA) is 111 Å². The molecule has 0 fully saturated rings. The number of carbonyl (C=O) groups is 4. The van der Waals surface area contributed by atoms with Crippen molar-refractivity contribution in [3.05, 3.63) is 70.8 Å². The highest BCUT2D eigenvalue weighted by atomic mass is 16.5. The maximum absolute atomic E-state index is 12.1. The standard InChI is InChI=1S/C28H36N2O6/c1-5-35-27(33)25(29-19(3)31)17-23-13-9-21(10-14-23)7-8-22-11-15-24(16-12-22)18-26(30-20(4)32)28(34)36-6-2/h9-16,25-26H,5-8,17-18H2,1-4H3,(H,29,31)(H,30,32). The van der Waals surface area contributed by atoms with Gasteiger partial charge >= 0.3 is 11.9 Å². The lowest BCUT2D eigenvalue weighted by Crippen LogP contribution is -2.42. The average Bonchev–Trinajstić information content (AvgIpc) is 2.83. The van der Waals surface area contributed by atoms with Gasteiger partial charge in [0.25, 0.3) is 0 Å². The van der Waals surface area contributed by atoms with Crippen molar-refractivity contribution >= 4 is 23.8 Å². The molecule has 2 aromatic carbocycles. The molecular weight excluding hydrogens is 460 g/mol. The number of esters is 2. The molecule has 2 amide bonds. The lowest BCUT2D eigenvalue weighted by atomic mass is 9.99. The number of benzene rings is 2. The van der Waals surface area contributed by atoms with Gasteiger partial charge in [0.15, 0.2) is 0 Å². The van der Waals surface area contributed by atoms with E-state index in [0.29, 0.717) is 12.8 Å². The van der Waals surface area contributed by atoms with Crippen molar-refractivity contribution in [3.63, 3.8) is 0 Å². The van der Waals surface area contributed by atoms with Crippen LogP contribution in [0.4, 0.5) is 0 Å². The van der Waals surface area contributed by atoms with Gasteiger partial charge < -0.3 is 20.1 Å². The van der Waals surface area contributed by atoms with Crippen LogP contribution < -0.4 is 10.6 Å². The SMILES string of the molecule is CCOC(=O)C(Cc1ccc(CCc2ccc(CC(NC(C)=O)C(=O)OCC)cc2)cc1)NC(C)=O. The number of rotatable bonds is 13. The van der Waals surface area contributed by atoms with Gasteiger partial charge in [0, 0.05) is 26.7 Å². The largest absolute Gasteiger partial charge is 0.464 e. The predicted molar refractivity (Wildman–Crippen MR) is 136 cm³/mol. The van der Waals surface area contributed by atoms with Crippen LogP contribution in [0, 0.1) is 0 Å². The number of nitrogens with one attached hydrogen (secondary N) is 2. The van der Waals surface area contributed by atoms with E-state index in [-0.39, 0.29) is 25.0 Å². The first-order valence-electron chi connectivity index (χ1n) is 12.2. The Morgan fingerprint density at radius 1 is 0.611 bits per heavy atom. The summed E-state index contributed by atoms with van der Waals surface area (Å²) in [6, 6.07) is 14.5. The quantitative estimate of drug-likeness (QED) is 0.413. The zero-order valence-electron chi connectivity index (χ0n) is 21.5. The number of aryl methyl sites for hydroxylation is 2. The lowest BCUT2D eigenvalue weighted by molar-refractivity contribution is -0.147. The van der Waals surface area contributed by atoms with Gasteiger partial charge in [0.2, 0.25) is 11.8 Å². The van der Waals surface area contributed by atoms with Gasteiger partial charge in [0.1, 0.15) is 12.1 Å². The van der Waals surface area contributed by atoms with Crippen LogP contribution in [0.25, 0.3) is 0 Å². The van der Waals surface area contributed by atoms with Crippen molar-refractivity contribution in [2.75, 3.05) is 13.2 Å². The van der Waals surface area contributed by atoms with E-state index in [1.807, 2.05) is 48.5 Å². The third-order valence-electron chi connectivity index (χ3n) is 5.53. The van der Waals surface area contributed by atoms with E-state index in [2.05, 4.69) is 10.6 Å². The third kappa shape index (κ3) is 9.90. The van der Waals surface area contributed by atoms with Gasteiger partial charge in [-0.1, -0.05) is 48.5 Å². The summed E-state index contributed by atoms with van der Waals surface area (Å²) < 4.78 is 10.1. The first-order chi connectivity index (χ1) is 17.2. The van der Waals surface area contributed by atoms with Crippen molar-refractivity contribution in [2.24, 2.45) is 0 Å². The number of carbonyl (C=O) groups excluding carboxylic acids is 4. The molecular formula is C28H36N2O6. The van der Waals surface area contributed by atoms with Gasteiger partial charge in [-0.2, -0.15) is 0 Å². The molecule has 8 heteroatoms. The van der Waals surface area contributed by atoms with Crippen molar-refractivity contribution in [2.45, 2.75) is 65.5 Å². The number of hydrogen-bond donors (Lipinski definition) is 2. The summed E-state index contributed by atoms with van der Waals surface area (Å²) >= 11 is 0. The molecule has 8 nitrogen and oxygen atoms in total. The van der Waals surface area contributed by atoms with E-state index in [9.17, 15) is 19.2 Å². The Balaban J connectivity index is 1.93. The minimum Gasteiger partial charge on any atom is -0.464 e. The van der Waals surface area contributed by atoms with Gasteiger partial charge in [-0.25, -0.2) is 9.59 Å². The fourth-order valence-corrected chi connectivity index (χ4v) is 3.81. The van der Waals surface area contributed by atoms with Crippen molar-refractivity contribution < 1.29 is 28.7 Å². The molecule has 2 N–H and O–H groups in total. The van der Waals surface area contributed by atoms with Crippen molar-refractivity contribution in [1.29, 1.82) is 0 Å². The van der Waals surface area contributed by atoms with E-state index < -0.39 is 24.0 Å². The molecule has 0 aliphatic rings. The van der Waals surface area contributed by atoms with Crippen LogP contribution in [0.2, 0.25) is 0 Å². The Morgan fingerprint density at radius 2 is 0.917 bits per heavy atom. The minimum atomic E-state index is -0.708. The molecule has 0 aliphatic heterocycles. The summed E-state index contributed by atoms with van der Waals surface area (Å²) in [5.74, 6) is -1.43. The third-order valence-corrected chi connectivity index (χ3v) is 5.53. The van der Waals surface area contributed by atoms with Crippen LogP contribution >= 0.6 is 0 Å². The van der Waals surface area contributed by atoms with E-state index in [0.717, 1.165) is 35.1 Å². The second kappa shape index (κ2) is 14.7. The molecule has 36 heavy (non-hydrogen) atoms. The summed E-state index contributed by atoms with van der Waals surface area (Å²) in [5, 5.41) is 5.30. The molecule has 0 saturated carbocycles. The summed E-state index contributed by atoms with van der Waals surface area (Å²) in [7, 11) is 0. The van der Waals surface area contributed by atoms with Crippen LogP contribution in [0.3, 0.4) is 0 Å². The Morgan fingerprint density at radius 3 is 1.19 bits per heavy atom. The van der Waals surface area contributed by atoms with Crippen LogP contribution in [-0.4, -0.2) is 49.1 Å². The average molecular weight is 497 g/mol. The van der Waals surface area contributed by atoms with E-state index in [4.69, 9.17) is 9.47 Å². The maximum Gasteiger partial charge on any atom is 0.328 e. The molecule has 2 unspecified atom stereocenters.